The molecule has 0 aliphatic carbocycles. The van der Waals surface area contributed by atoms with Gasteiger partial charge < -0.3 is 4.74 Å². The Morgan fingerprint density at radius 3 is 0.680 bits per heavy atom. The molecule has 0 N–H and O–H groups in total. The van der Waals surface area contributed by atoms with Crippen LogP contribution in [0.25, 0.3) is 0 Å². The number of methoxy groups -OCH3 is 1. The Hall–Kier alpha value is -2.87. The number of allylic oxidation sites excluding steroid dienone is 18. The fraction of sp³-hybridized carbons (Fsp3) is 0.604. The summed E-state index contributed by atoms with van der Waals surface area (Å²) in [4.78, 5) is 11.2. The van der Waals surface area contributed by atoms with E-state index in [4.69, 9.17) is 4.74 Å². The number of carbonyl (C=O) groups is 1. The molecule has 2 heteroatoms. The molecule has 0 fully saturated rings. The van der Waals surface area contributed by atoms with Crippen molar-refractivity contribution in [1.29, 1.82) is 0 Å². The Balaban J connectivity index is 4.23. The van der Waals surface area contributed by atoms with Crippen molar-refractivity contribution in [3.63, 3.8) is 0 Å². The van der Waals surface area contributed by atoms with Crippen molar-refractivity contribution in [2.45, 2.75) is 185 Å². The molecule has 282 valence electrons. The van der Waals surface area contributed by atoms with E-state index in [0.29, 0.717) is 6.42 Å². The SMILES string of the molecule is COC(=O)CC/C=C(/C)CC/C=C(/C)CC/C=C(/C)CC/C=C(/C)CC/C=C(/C)CC/C=C(/C)CC/C=C(/C)CC/C=C(/C)CCC=C(C)C. The minimum absolute atomic E-state index is 0.136. The van der Waals surface area contributed by atoms with Gasteiger partial charge in [-0.1, -0.05) is 105 Å². The molecule has 0 aromatic carbocycles. The van der Waals surface area contributed by atoms with Gasteiger partial charge in [-0.2, -0.15) is 0 Å². The van der Waals surface area contributed by atoms with Crippen LogP contribution in [0.15, 0.2) is 105 Å². The Morgan fingerprint density at radius 2 is 0.500 bits per heavy atom. The third-order valence-electron chi connectivity index (χ3n) is 9.38. The van der Waals surface area contributed by atoms with Gasteiger partial charge in [0.2, 0.25) is 0 Å². The smallest absolute Gasteiger partial charge is 0.305 e. The summed E-state index contributed by atoms with van der Waals surface area (Å²) in [5.74, 6) is -0.136. The minimum atomic E-state index is -0.136. The topological polar surface area (TPSA) is 26.3 Å². The van der Waals surface area contributed by atoms with Gasteiger partial charge in [0.05, 0.1) is 7.11 Å². The van der Waals surface area contributed by atoms with E-state index in [1.54, 1.807) is 0 Å². The first-order chi connectivity index (χ1) is 23.8. The van der Waals surface area contributed by atoms with E-state index in [1.165, 1.54) is 89.4 Å². The lowest BCUT2D eigenvalue weighted by Crippen LogP contribution is -1.98. The van der Waals surface area contributed by atoms with Crippen LogP contribution in [-0.4, -0.2) is 13.1 Å². The zero-order valence-electron chi connectivity index (χ0n) is 34.7. The summed E-state index contributed by atoms with van der Waals surface area (Å²) in [5.41, 5.74) is 13.3. The van der Waals surface area contributed by atoms with Crippen molar-refractivity contribution in [2.24, 2.45) is 0 Å². The summed E-state index contributed by atoms with van der Waals surface area (Å²) in [5, 5.41) is 0. The Labute approximate surface area is 311 Å². The molecule has 0 aromatic heterocycles. The summed E-state index contributed by atoms with van der Waals surface area (Å²) < 4.78 is 4.70. The molecule has 0 aromatic rings. The van der Waals surface area contributed by atoms with Crippen molar-refractivity contribution >= 4 is 5.97 Å². The highest BCUT2D eigenvalue weighted by Crippen LogP contribution is 2.18. The van der Waals surface area contributed by atoms with E-state index in [-0.39, 0.29) is 5.97 Å². The second-order valence-electron chi connectivity index (χ2n) is 15.1. The van der Waals surface area contributed by atoms with Gasteiger partial charge in [-0.3, -0.25) is 4.79 Å². The van der Waals surface area contributed by atoms with Crippen LogP contribution in [-0.2, 0) is 9.53 Å². The van der Waals surface area contributed by atoms with Gasteiger partial charge in [-0.05, 0) is 178 Å². The van der Waals surface area contributed by atoms with Crippen LogP contribution in [0.1, 0.15) is 185 Å². The van der Waals surface area contributed by atoms with E-state index in [2.05, 4.69) is 124 Å². The monoisotopic (exact) mass is 687 g/mol. The fourth-order valence-corrected chi connectivity index (χ4v) is 5.77. The molecule has 0 atom stereocenters. The van der Waals surface area contributed by atoms with Crippen LogP contribution in [0.3, 0.4) is 0 Å². The van der Waals surface area contributed by atoms with Crippen LogP contribution in [0, 0.1) is 0 Å². The zero-order chi connectivity index (χ0) is 37.6. The highest BCUT2D eigenvalue weighted by Gasteiger charge is 1.99. The van der Waals surface area contributed by atoms with E-state index in [0.717, 1.165) is 77.0 Å². The molecule has 0 rings (SSSR count). The summed E-state index contributed by atoms with van der Waals surface area (Å²) in [6, 6.07) is 0. The number of rotatable bonds is 27. The Kier molecular flexibility index (Phi) is 29.1. The normalized spacial score (nSPS) is 14.4. The van der Waals surface area contributed by atoms with Crippen molar-refractivity contribution in [2.75, 3.05) is 7.11 Å². The molecule has 0 heterocycles. The number of hydrogen-bond acceptors (Lipinski definition) is 2. The van der Waals surface area contributed by atoms with Gasteiger partial charge in [-0.25, -0.2) is 0 Å². The lowest BCUT2D eigenvalue weighted by atomic mass is 10.0. The maximum absolute atomic E-state index is 11.2. The van der Waals surface area contributed by atoms with E-state index in [1.807, 2.05) is 0 Å². The standard InChI is InChI=1S/C48H78O2/c1-39(2)21-12-22-40(3)23-13-24-41(4)25-14-26-42(5)27-15-28-43(6)29-16-30-44(7)31-17-32-45(8)33-18-34-46(9)35-19-36-47(10)37-20-38-48(49)50-11/h21,23,25,27,29,31,33,35,37H,12-20,22,24,26,28,30,32,34,36,38H2,1-11H3/b40-23-,41-25-,42-27-,43-29-,44-31-,45-33-,46-35-,47-37-. The van der Waals surface area contributed by atoms with Crippen LogP contribution in [0.5, 0.6) is 0 Å². The lowest BCUT2D eigenvalue weighted by Gasteiger charge is -2.04. The summed E-state index contributed by atoms with van der Waals surface area (Å²) in [6.45, 7) is 22.5. The molecular weight excluding hydrogens is 609 g/mol. The number of esters is 1. The molecule has 0 unspecified atom stereocenters. The third kappa shape index (κ3) is 31.1. The molecule has 0 aliphatic rings. The maximum atomic E-state index is 11.2. The fourth-order valence-electron chi connectivity index (χ4n) is 5.77. The average molecular weight is 687 g/mol. The predicted molar refractivity (Wildman–Crippen MR) is 225 cm³/mol. The van der Waals surface area contributed by atoms with Gasteiger partial charge >= 0.3 is 5.97 Å². The predicted octanol–water partition coefficient (Wildman–Crippen LogP) is 15.7. The number of hydrogen-bond donors (Lipinski definition) is 0. The molecule has 0 saturated heterocycles. The highest BCUT2D eigenvalue weighted by molar-refractivity contribution is 5.69. The molecule has 0 spiro atoms. The van der Waals surface area contributed by atoms with Gasteiger partial charge in [0.25, 0.3) is 0 Å². The molecule has 0 bridgehead atoms. The first kappa shape index (κ1) is 47.1. The van der Waals surface area contributed by atoms with Crippen LogP contribution >= 0.6 is 0 Å². The first-order valence-electron chi connectivity index (χ1n) is 19.8. The minimum Gasteiger partial charge on any atom is -0.469 e. The molecule has 0 saturated carbocycles. The molecule has 2 nitrogen and oxygen atoms in total. The second-order valence-corrected chi connectivity index (χ2v) is 15.1. The molecule has 50 heavy (non-hydrogen) atoms. The van der Waals surface area contributed by atoms with Crippen LogP contribution in [0.4, 0.5) is 0 Å². The van der Waals surface area contributed by atoms with Crippen molar-refractivity contribution in [3.8, 4) is 0 Å². The van der Waals surface area contributed by atoms with E-state index >= 15 is 0 Å². The van der Waals surface area contributed by atoms with E-state index in [9.17, 15) is 4.79 Å². The summed E-state index contributed by atoms with van der Waals surface area (Å²) in [6.07, 6.45) is 41.1. The molecule has 0 amide bonds. The zero-order valence-corrected chi connectivity index (χ0v) is 34.7. The number of ether oxygens (including phenoxy) is 1. The first-order valence-corrected chi connectivity index (χ1v) is 19.8. The van der Waals surface area contributed by atoms with Gasteiger partial charge in [0.15, 0.2) is 0 Å². The molecular formula is C48H78O2. The lowest BCUT2D eigenvalue weighted by molar-refractivity contribution is -0.140. The van der Waals surface area contributed by atoms with Gasteiger partial charge in [0.1, 0.15) is 0 Å². The highest BCUT2D eigenvalue weighted by atomic mass is 16.5. The Morgan fingerprint density at radius 1 is 0.320 bits per heavy atom. The maximum Gasteiger partial charge on any atom is 0.305 e. The average Bonchev–Trinajstić information content (AvgIpc) is 3.04. The molecule has 0 radical (unpaired) electrons. The third-order valence-corrected chi connectivity index (χ3v) is 9.38. The van der Waals surface area contributed by atoms with E-state index < -0.39 is 0 Å². The summed E-state index contributed by atoms with van der Waals surface area (Å²) >= 11 is 0. The molecule has 0 aliphatic heterocycles. The summed E-state index contributed by atoms with van der Waals surface area (Å²) in [7, 11) is 1.45. The second kappa shape index (κ2) is 30.9. The Bertz CT molecular complexity index is 1230. The van der Waals surface area contributed by atoms with Crippen molar-refractivity contribution in [3.05, 3.63) is 105 Å². The van der Waals surface area contributed by atoms with Crippen LogP contribution in [0.2, 0.25) is 0 Å². The van der Waals surface area contributed by atoms with Crippen molar-refractivity contribution in [1.82, 2.24) is 0 Å². The van der Waals surface area contributed by atoms with Crippen molar-refractivity contribution < 1.29 is 9.53 Å². The quantitative estimate of drug-likeness (QED) is 0.0635. The number of carbonyl (C=O) groups excluding carboxylic acids is 1. The van der Waals surface area contributed by atoms with Crippen LogP contribution < -0.4 is 0 Å². The largest absolute Gasteiger partial charge is 0.469 e. The van der Waals surface area contributed by atoms with Gasteiger partial charge in [0, 0.05) is 6.42 Å². The van der Waals surface area contributed by atoms with Gasteiger partial charge in [-0.15, -0.1) is 0 Å².